The van der Waals surface area contributed by atoms with E-state index in [1.54, 1.807) is 0 Å². The van der Waals surface area contributed by atoms with Crippen molar-refractivity contribution in [1.82, 2.24) is 10.2 Å². The summed E-state index contributed by atoms with van der Waals surface area (Å²) in [5, 5.41) is 2.13. The van der Waals surface area contributed by atoms with Gasteiger partial charge < -0.3 is 0 Å². The summed E-state index contributed by atoms with van der Waals surface area (Å²) >= 11 is 0. The van der Waals surface area contributed by atoms with Gasteiger partial charge in [0.15, 0.2) is 0 Å². The Morgan fingerprint density at radius 2 is 1.68 bits per heavy atom. The van der Waals surface area contributed by atoms with Crippen molar-refractivity contribution in [3.05, 3.63) is 34.9 Å². The van der Waals surface area contributed by atoms with E-state index < -0.39 is 29.0 Å². The van der Waals surface area contributed by atoms with Crippen LogP contribution in [-0.4, -0.2) is 28.5 Å². The molecule has 0 bridgehead atoms. The molecule has 1 aromatic carbocycles. The molecule has 2 aliphatic heterocycles. The fraction of sp³-hybridized carbons (Fsp3) is 0.375. The summed E-state index contributed by atoms with van der Waals surface area (Å²) in [5.41, 5.74) is 1.39. The molecule has 0 aromatic heterocycles. The molecule has 0 radical (unpaired) electrons. The third-order valence-electron chi connectivity index (χ3n) is 4.18. The number of carbonyl (C=O) groups is 4. The molecule has 2 heterocycles. The highest BCUT2D eigenvalue weighted by Gasteiger charge is 2.61. The van der Waals surface area contributed by atoms with E-state index in [2.05, 4.69) is 5.32 Å². The van der Waals surface area contributed by atoms with Gasteiger partial charge in [0.2, 0.25) is 23.6 Å². The van der Waals surface area contributed by atoms with E-state index in [4.69, 9.17) is 0 Å². The van der Waals surface area contributed by atoms with Crippen molar-refractivity contribution in [3.63, 3.8) is 0 Å². The van der Waals surface area contributed by atoms with Gasteiger partial charge >= 0.3 is 0 Å². The zero-order chi connectivity index (χ0) is 16.1. The quantitative estimate of drug-likeness (QED) is 0.640. The third kappa shape index (κ3) is 2.11. The van der Waals surface area contributed by atoms with Crippen LogP contribution in [0, 0.1) is 19.3 Å². The SMILES string of the molecule is Cc1cc(C)cc(CN2C(=O)CC3(CC(=O)NC3=O)C2=O)c1. The summed E-state index contributed by atoms with van der Waals surface area (Å²) in [6, 6.07) is 5.80. The normalized spacial score (nSPS) is 24.5. The minimum absolute atomic E-state index is 0.128. The fourth-order valence-corrected chi connectivity index (χ4v) is 3.26. The molecule has 3 rings (SSSR count). The van der Waals surface area contributed by atoms with Crippen LogP contribution in [0.25, 0.3) is 0 Å². The molecule has 1 atom stereocenters. The number of nitrogens with zero attached hydrogens (tertiary/aromatic N) is 1. The number of hydrogen-bond donors (Lipinski definition) is 1. The molecule has 2 fully saturated rings. The van der Waals surface area contributed by atoms with Crippen LogP contribution in [0.2, 0.25) is 0 Å². The van der Waals surface area contributed by atoms with Crippen molar-refractivity contribution in [3.8, 4) is 0 Å². The maximum Gasteiger partial charge on any atom is 0.246 e. The summed E-state index contributed by atoms with van der Waals surface area (Å²) < 4.78 is 0. The Labute approximate surface area is 127 Å². The highest BCUT2D eigenvalue weighted by atomic mass is 16.2. The molecule has 2 saturated heterocycles. The molecule has 1 spiro atoms. The van der Waals surface area contributed by atoms with E-state index >= 15 is 0 Å². The van der Waals surface area contributed by atoms with E-state index in [0.717, 1.165) is 21.6 Å². The minimum atomic E-state index is -1.52. The predicted molar refractivity (Wildman–Crippen MR) is 76.3 cm³/mol. The third-order valence-corrected chi connectivity index (χ3v) is 4.18. The van der Waals surface area contributed by atoms with Crippen molar-refractivity contribution < 1.29 is 19.2 Å². The number of imide groups is 2. The Morgan fingerprint density at radius 1 is 1.05 bits per heavy atom. The van der Waals surface area contributed by atoms with E-state index in [9.17, 15) is 19.2 Å². The molecule has 1 N–H and O–H groups in total. The molecule has 1 aromatic rings. The van der Waals surface area contributed by atoms with Crippen LogP contribution in [0.15, 0.2) is 18.2 Å². The Morgan fingerprint density at radius 3 is 2.23 bits per heavy atom. The number of amides is 4. The summed E-state index contributed by atoms with van der Waals surface area (Å²) in [6.07, 6.45) is -0.464. The second-order valence-electron chi connectivity index (χ2n) is 6.09. The van der Waals surface area contributed by atoms with Crippen molar-refractivity contribution in [2.24, 2.45) is 5.41 Å². The molecule has 6 nitrogen and oxygen atoms in total. The lowest BCUT2D eigenvalue weighted by atomic mass is 9.84. The van der Waals surface area contributed by atoms with Gasteiger partial charge in [-0.15, -0.1) is 0 Å². The Kier molecular flexibility index (Phi) is 3.12. The highest BCUT2D eigenvalue weighted by Crippen LogP contribution is 2.40. The van der Waals surface area contributed by atoms with Gasteiger partial charge in [0.25, 0.3) is 0 Å². The second kappa shape index (κ2) is 4.76. The Hall–Kier alpha value is -2.50. The van der Waals surface area contributed by atoms with Crippen LogP contribution < -0.4 is 5.32 Å². The summed E-state index contributed by atoms with van der Waals surface area (Å²) in [4.78, 5) is 49.2. The summed E-state index contributed by atoms with van der Waals surface area (Å²) in [5.74, 6) is -2.13. The van der Waals surface area contributed by atoms with Gasteiger partial charge in [0.05, 0.1) is 19.4 Å². The average molecular weight is 300 g/mol. The Bertz CT molecular complexity index is 705. The zero-order valence-electron chi connectivity index (χ0n) is 12.4. The van der Waals surface area contributed by atoms with Crippen molar-refractivity contribution in [2.75, 3.05) is 0 Å². The number of likely N-dealkylation sites (tertiary alicyclic amines) is 1. The van der Waals surface area contributed by atoms with Crippen LogP contribution in [0.5, 0.6) is 0 Å². The molecular formula is C16H16N2O4. The lowest BCUT2D eigenvalue weighted by Crippen LogP contribution is -2.40. The Balaban J connectivity index is 1.89. The van der Waals surface area contributed by atoms with E-state index in [0.29, 0.717) is 0 Å². The maximum absolute atomic E-state index is 12.6. The standard InChI is InChI=1S/C16H16N2O4/c1-9-3-10(2)5-11(4-9)8-18-13(20)7-16(15(18)22)6-12(19)17-14(16)21/h3-5H,6-8H2,1-2H3,(H,17,19,21). The molecule has 2 aliphatic rings. The van der Waals surface area contributed by atoms with E-state index in [-0.39, 0.29) is 19.4 Å². The molecule has 0 aliphatic carbocycles. The summed E-state index contributed by atoms with van der Waals surface area (Å²) in [7, 11) is 0. The van der Waals surface area contributed by atoms with Crippen molar-refractivity contribution in [1.29, 1.82) is 0 Å². The first-order valence-corrected chi connectivity index (χ1v) is 7.08. The first-order chi connectivity index (χ1) is 10.3. The molecule has 1 unspecified atom stereocenters. The molecule has 0 saturated carbocycles. The molecule has 22 heavy (non-hydrogen) atoms. The van der Waals surface area contributed by atoms with Crippen LogP contribution >= 0.6 is 0 Å². The van der Waals surface area contributed by atoms with Crippen LogP contribution in [-0.2, 0) is 25.7 Å². The molecule has 6 heteroatoms. The lowest BCUT2D eigenvalue weighted by Gasteiger charge is -2.18. The van der Waals surface area contributed by atoms with Crippen LogP contribution in [0.1, 0.15) is 29.5 Å². The van der Waals surface area contributed by atoms with Crippen LogP contribution in [0.4, 0.5) is 0 Å². The smallest absolute Gasteiger partial charge is 0.246 e. The molecule has 114 valence electrons. The van der Waals surface area contributed by atoms with Gasteiger partial charge in [-0.05, 0) is 19.4 Å². The van der Waals surface area contributed by atoms with E-state index in [1.165, 1.54) is 0 Å². The largest absolute Gasteiger partial charge is 0.295 e. The fourth-order valence-electron chi connectivity index (χ4n) is 3.26. The van der Waals surface area contributed by atoms with Crippen molar-refractivity contribution >= 4 is 23.6 Å². The van der Waals surface area contributed by atoms with Gasteiger partial charge in [-0.2, -0.15) is 0 Å². The number of aryl methyl sites for hydroxylation is 2. The second-order valence-corrected chi connectivity index (χ2v) is 6.09. The number of rotatable bonds is 2. The monoisotopic (exact) mass is 300 g/mol. The van der Waals surface area contributed by atoms with Gasteiger partial charge in [0, 0.05) is 0 Å². The van der Waals surface area contributed by atoms with Gasteiger partial charge in [-0.3, -0.25) is 29.4 Å². The lowest BCUT2D eigenvalue weighted by molar-refractivity contribution is -0.145. The highest BCUT2D eigenvalue weighted by molar-refractivity contribution is 6.24. The first kappa shape index (κ1) is 14.4. The topological polar surface area (TPSA) is 83.6 Å². The predicted octanol–water partition coefficient (Wildman–Crippen LogP) is 0.595. The van der Waals surface area contributed by atoms with Gasteiger partial charge in [-0.25, -0.2) is 0 Å². The number of carbonyl (C=O) groups excluding carboxylic acids is 4. The number of hydrogen-bond acceptors (Lipinski definition) is 4. The first-order valence-electron chi connectivity index (χ1n) is 7.08. The van der Waals surface area contributed by atoms with Gasteiger partial charge in [-0.1, -0.05) is 29.3 Å². The number of benzene rings is 1. The molecule has 4 amide bonds. The van der Waals surface area contributed by atoms with Crippen LogP contribution in [0.3, 0.4) is 0 Å². The minimum Gasteiger partial charge on any atom is -0.295 e. The maximum atomic E-state index is 12.6. The van der Waals surface area contributed by atoms with Gasteiger partial charge in [0.1, 0.15) is 5.41 Å². The van der Waals surface area contributed by atoms with Crippen molar-refractivity contribution in [2.45, 2.75) is 33.2 Å². The zero-order valence-corrected chi connectivity index (χ0v) is 12.4. The summed E-state index contributed by atoms with van der Waals surface area (Å²) in [6.45, 7) is 4.01. The average Bonchev–Trinajstić information content (AvgIpc) is 2.80. The molecular weight excluding hydrogens is 284 g/mol. The van der Waals surface area contributed by atoms with E-state index in [1.807, 2.05) is 32.0 Å². The number of nitrogens with one attached hydrogen (secondary N) is 1.